The van der Waals surface area contributed by atoms with E-state index >= 15 is 0 Å². The number of para-hydroxylation sites is 1. The molecule has 0 N–H and O–H groups in total. The van der Waals surface area contributed by atoms with Crippen molar-refractivity contribution in [2.75, 3.05) is 18.6 Å². The number of rotatable bonds is 3. The molecule has 1 aliphatic heterocycles. The van der Waals surface area contributed by atoms with E-state index in [0.717, 1.165) is 11.3 Å². The fourth-order valence-corrected chi connectivity index (χ4v) is 3.21. The van der Waals surface area contributed by atoms with Crippen LogP contribution in [0, 0.1) is 0 Å². The number of esters is 1. The molecular formula is C19H19NO3. The Bertz CT molecular complexity index is 741. The van der Waals surface area contributed by atoms with Crippen molar-refractivity contribution in [3.63, 3.8) is 0 Å². The van der Waals surface area contributed by atoms with E-state index in [0.29, 0.717) is 12.1 Å². The Balaban J connectivity index is 2.08. The Hall–Kier alpha value is -2.62. The molecule has 3 rings (SSSR count). The first kappa shape index (κ1) is 15.3. The standard InChI is InChI=1S/C19H19NO3/c1-19(12-17(21)23-2)13-20(14-8-4-3-5-9-14)18(22)15-10-6-7-11-16(15)19/h3-11H,12-13H2,1-2H3. The van der Waals surface area contributed by atoms with Crippen molar-refractivity contribution in [1.29, 1.82) is 0 Å². The monoisotopic (exact) mass is 309 g/mol. The van der Waals surface area contributed by atoms with Crippen molar-refractivity contribution >= 4 is 17.6 Å². The molecule has 4 heteroatoms. The molecule has 0 radical (unpaired) electrons. The van der Waals surface area contributed by atoms with Crippen LogP contribution in [0.3, 0.4) is 0 Å². The van der Waals surface area contributed by atoms with Crippen molar-refractivity contribution < 1.29 is 14.3 Å². The molecule has 1 aliphatic rings. The number of ether oxygens (including phenoxy) is 1. The minimum atomic E-state index is -0.479. The fraction of sp³-hybridized carbons (Fsp3) is 0.263. The number of methoxy groups -OCH3 is 1. The number of carbonyl (C=O) groups excluding carboxylic acids is 2. The normalized spacial score (nSPS) is 20.1. The van der Waals surface area contributed by atoms with Gasteiger partial charge in [0.2, 0.25) is 0 Å². The van der Waals surface area contributed by atoms with Gasteiger partial charge in [-0.25, -0.2) is 0 Å². The molecule has 0 fully saturated rings. The molecule has 0 saturated heterocycles. The molecule has 0 bridgehead atoms. The molecule has 2 aromatic rings. The molecule has 118 valence electrons. The van der Waals surface area contributed by atoms with Gasteiger partial charge in [0.05, 0.1) is 13.5 Å². The summed E-state index contributed by atoms with van der Waals surface area (Å²) in [4.78, 5) is 26.5. The first-order valence-electron chi connectivity index (χ1n) is 7.58. The molecule has 1 heterocycles. The first-order valence-corrected chi connectivity index (χ1v) is 7.58. The maximum absolute atomic E-state index is 12.9. The molecule has 23 heavy (non-hydrogen) atoms. The summed E-state index contributed by atoms with van der Waals surface area (Å²) < 4.78 is 4.86. The minimum absolute atomic E-state index is 0.0332. The molecule has 2 aromatic carbocycles. The average molecular weight is 309 g/mol. The van der Waals surface area contributed by atoms with Crippen LogP contribution in [0.25, 0.3) is 0 Å². The van der Waals surface area contributed by atoms with Crippen LogP contribution < -0.4 is 4.90 Å². The van der Waals surface area contributed by atoms with E-state index in [1.54, 1.807) is 4.90 Å². The molecular weight excluding hydrogens is 290 g/mol. The Morgan fingerprint density at radius 2 is 1.78 bits per heavy atom. The van der Waals surface area contributed by atoms with Crippen LogP contribution in [0.4, 0.5) is 5.69 Å². The second-order valence-electron chi connectivity index (χ2n) is 6.09. The zero-order valence-electron chi connectivity index (χ0n) is 13.3. The maximum atomic E-state index is 12.9. The fourth-order valence-electron chi connectivity index (χ4n) is 3.21. The van der Waals surface area contributed by atoms with Crippen LogP contribution in [0.15, 0.2) is 54.6 Å². The van der Waals surface area contributed by atoms with Gasteiger partial charge >= 0.3 is 5.97 Å². The van der Waals surface area contributed by atoms with Gasteiger partial charge < -0.3 is 9.64 Å². The zero-order valence-corrected chi connectivity index (χ0v) is 13.3. The number of amides is 1. The SMILES string of the molecule is COC(=O)CC1(C)CN(c2ccccc2)C(=O)c2ccccc21. The highest BCUT2D eigenvalue weighted by Gasteiger charge is 2.41. The van der Waals surface area contributed by atoms with Gasteiger partial charge in [-0.05, 0) is 23.8 Å². The van der Waals surface area contributed by atoms with Crippen molar-refractivity contribution in [1.82, 2.24) is 0 Å². The van der Waals surface area contributed by atoms with E-state index in [2.05, 4.69) is 0 Å². The van der Waals surface area contributed by atoms with Crippen LogP contribution in [0.1, 0.15) is 29.3 Å². The van der Waals surface area contributed by atoms with Crippen molar-refractivity contribution in [3.8, 4) is 0 Å². The summed E-state index contributed by atoms with van der Waals surface area (Å²) in [5.41, 5.74) is 1.91. The summed E-state index contributed by atoms with van der Waals surface area (Å²) in [6.45, 7) is 2.45. The zero-order chi connectivity index (χ0) is 16.4. The summed E-state index contributed by atoms with van der Waals surface area (Å²) >= 11 is 0. The highest BCUT2D eigenvalue weighted by Crippen LogP contribution is 2.38. The van der Waals surface area contributed by atoms with Crippen LogP contribution in [0.2, 0.25) is 0 Å². The molecule has 1 atom stereocenters. The van der Waals surface area contributed by atoms with Gasteiger partial charge in [0.15, 0.2) is 0 Å². The lowest BCUT2D eigenvalue weighted by Gasteiger charge is -2.41. The Kier molecular flexibility index (Phi) is 3.90. The van der Waals surface area contributed by atoms with Crippen molar-refractivity contribution in [3.05, 3.63) is 65.7 Å². The van der Waals surface area contributed by atoms with Gasteiger partial charge in [-0.1, -0.05) is 43.3 Å². The molecule has 4 nitrogen and oxygen atoms in total. The van der Waals surface area contributed by atoms with E-state index in [9.17, 15) is 9.59 Å². The largest absolute Gasteiger partial charge is 0.469 e. The van der Waals surface area contributed by atoms with E-state index in [1.807, 2.05) is 61.5 Å². The van der Waals surface area contributed by atoms with Crippen LogP contribution in [0.5, 0.6) is 0 Å². The quantitative estimate of drug-likeness (QED) is 0.818. The van der Waals surface area contributed by atoms with E-state index < -0.39 is 5.41 Å². The second kappa shape index (κ2) is 5.88. The lowest BCUT2D eigenvalue weighted by atomic mass is 9.74. The highest BCUT2D eigenvalue weighted by molar-refractivity contribution is 6.09. The molecule has 1 unspecified atom stereocenters. The summed E-state index contributed by atoms with van der Waals surface area (Å²) in [6, 6.07) is 17.0. The first-order chi connectivity index (χ1) is 11.0. The summed E-state index contributed by atoms with van der Waals surface area (Å²) in [5, 5.41) is 0. The topological polar surface area (TPSA) is 46.6 Å². The predicted octanol–water partition coefficient (Wildman–Crippen LogP) is 3.17. The predicted molar refractivity (Wildman–Crippen MR) is 88.5 cm³/mol. The molecule has 0 aliphatic carbocycles. The number of carbonyl (C=O) groups is 2. The smallest absolute Gasteiger partial charge is 0.306 e. The third-order valence-corrected chi connectivity index (χ3v) is 4.39. The number of hydrogen-bond acceptors (Lipinski definition) is 3. The maximum Gasteiger partial charge on any atom is 0.306 e. The minimum Gasteiger partial charge on any atom is -0.469 e. The highest BCUT2D eigenvalue weighted by atomic mass is 16.5. The van der Waals surface area contributed by atoms with Gasteiger partial charge in [0.25, 0.3) is 5.91 Å². The Labute approximate surface area is 135 Å². The Morgan fingerprint density at radius 1 is 1.13 bits per heavy atom. The molecule has 0 aromatic heterocycles. The number of nitrogens with zero attached hydrogens (tertiary/aromatic N) is 1. The van der Waals surface area contributed by atoms with E-state index in [1.165, 1.54) is 7.11 Å². The van der Waals surface area contributed by atoms with Crippen molar-refractivity contribution in [2.45, 2.75) is 18.8 Å². The lowest BCUT2D eigenvalue weighted by Crippen LogP contribution is -2.49. The number of hydrogen-bond donors (Lipinski definition) is 0. The van der Waals surface area contributed by atoms with Crippen molar-refractivity contribution in [2.24, 2.45) is 0 Å². The van der Waals surface area contributed by atoms with Gasteiger partial charge in [-0.3, -0.25) is 9.59 Å². The van der Waals surface area contributed by atoms with E-state index in [-0.39, 0.29) is 18.3 Å². The molecule has 0 spiro atoms. The lowest BCUT2D eigenvalue weighted by molar-refractivity contribution is -0.142. The molecule has 1 amide bonds. The number of benzene rings is 2. The van der Waals surface area contributed by atoms with Gasteiger partial charge in [0.1, 0.15) is 0 Å². The average Bonchev–Trinajstić information content (AvgIpc) is 2.59. The molecule has 0 saturated carbocycles. The van der Waals surface area contributed by atoms with Crippen LogP contribution in [-0.4, -0.2) is 25.5 Å². The number of fused-ring (bicyclic) bond motifs is 1. The van der Waals surface area contributed by atoms with Crippen LogP contribution in [-0.2, 0) is 14.9 Å². The number of anilines is 1. The third kappa shape index (κ3) is 2.72. The summed E-state index contributed by atoms with van der Waals surface area (Å²) in [6.07, 6.45) is 0.233. The van der Waals surface area contributed by atoms with E-state index in [4.69, 9.17) is 4.74 Å². The second-order valence-corrected chi connectivity index (χ2v) is 6.09. The third-order valence-electron chi connectivity index (χ3n) is 4.39. The summed E-state index contributed by atoms with van der Waals surface area (Å²) in [5.74, 6) is -0.307. The van der Waals surface area contributed by atoms with Crippen LogP contribution >= 0.6 is 0 Å². The van der Waals surface area contributed by atoms with Gasteiger partial charge in [-0.15, -0.1) is 0 Å². The van der Waals surface area contributed by atoms with Gasteiger partial charge in [-0.2, -0.15) is 0 Å². The summed E-state index contributed by atoms with van der Waals surface area (Å²) in [7, 11) is 1.39. The Morgan fingerprint density at radius 3 is 2.48 bits per heavy atom. The van der Waals surface area contributed by atoms with Gasteiger partial charge in [0, 0.05) is 23.2 Å².